The monoisotopic (exact) mass is 487 g/mol. The topological polar surface area (TPSA) is 55.9 Å². The summed E-state index contributed by atoms with van der Waals surface area (Å²) in [4.78, 5) is 5.88. The molecule has 9 heteroatoms. The van der Waals surface area contributed by atoms with Gasteiger partial charge < -0.3 is 19.5 Å². The zero-order valence-electron chi connectivity index (χ0n) is 19.5. The highest BCUT2D eigenvalue weighted by atomic mass is 19.1. The second kappa shape index (κ2) is 10.3. The maximum Gasteiger partial charge on any atom is 0.161 e. The molecule has 2 atom stereocenters. The molecule has 3 heterocycles. The van der Waals surface area contributed by atoms with Crippen LogP contribution in [0, 0.1) is 11.6 Å². The van der Waals surface area contributed by atoms with Crippen LogP contribution >= 0.6 is 0 Å². The molecule has 2 aliphatic heterocycles. The summed E-state index contributed by atoms with van der Waals surface area (Å²) >= 11 is 0. The summed E-state index contributed by atoms with van der Waals surface area (Å²) in [6, 6.07) is 8.31. The van der Waals surface area contributed by atoms with Gasteiger partial charge in [0, 0.05) is 42.7 Å². The third kappa shape index (κ3) is 5.16. The molecule has 2 aliphatic rings. The number of nitrogens with one attached hydrogen (secondary N) is 1. The third-order valence-corrected chi connectivity index (χ3v) is 6.67. The van der Waals surface area contributed by atoms with Crippen molar-refractivity contribution in [2.45, 2.75) is 31.6 Å². The maximum absolute atomic E-state index is 15.0. The van der Waals surface area contributed by atoms with E-state index in [2.05, 4.69) is 10.3 Å². The standard InChI is InChI=1S/C26H28F3N3O3/c1-33-17-11-19-18(21(28)14-31-26(19)20(27)12-17)4-6-32-7-5-23(22(29)15-32)30-13-16-2-3-24-25(10-16)35-9-8-34-24/h2-3,10-12,14,22-23,30H,4-9,13,15H2,1H3/t22-,23+/m1/s1. The number of hydrogen-bond acceptors (Lipinski definition) is 6. The first-order chi connectivity index (χ1) is 17.0. The predicted octanol–water partition coefficient (Wildman–Crippen LogP) is 4.04. The SMILES string of the molecule is COc1cc(F)c2ncc(F)c(CCN3CC[C@H](NCc4ccc5c(c4)OCCO5)[C@H](F)C3)c2c1. The Labute approximate surface area is 202 Å². The van der Waals surface area contributed by atoms with Gasteiger partial charge in [0.25, 0.3) is 0 Å². The summed E-state index contributed by atoms with van der Waals surface area (Å²) in [5.41, 5.74) is 1.47. The van der Waals surface area contributed by atoms with Crippen LogP contribution in [0.15, 0.2) is 36.5 Å². The van der Waals surface area contributed by atoms with Gasteiger partial charge in [-0.25, -0.2) is 13.2 Å². The van der Waals surface area contributed by atoms with E-state index < -0.39 is 17.8 Å². The molecule has 35 heavy (non-hydrogen) atoms. The largest absolute Gasteiger partial charge is 0.497 e. The molecule has 0 amide bonds. The molecule has 0 radical (unpaired) electrons. The van der Waals surface area contributed by atoms with E-state index in [0.717, 1.165) is 23.3 Å². The summed E-state index contributed by atoms with van der Waals surface area (Å²) < 4.78 is 60.2. The van der Waals surface area contributed by atoms with Gasteiger partial charge in [-0.1, -0.05) is 6.07 Å². The number of likely N-dealkylation sites (tertiary alicyclic amines) is 1. The third-order valence-electron chi connectivity index (χ3n) is 6.67. The summed E-state index contributed by atoms with van der Waals surface area (Å²) in [5, 5.41) is 3.70. The van der Waals surface area contributed by atoms with Crippen molar-refractivity contribution < 1.29 is 27.4 Å². The number of nitrogens with zero attached hydrogens (tertiary/aromatic N) is 2. The highest BCUT2D eigenvalue weighted by Crippen LogP contribution is 2.31. The molecule has 1 aromatic heterocycles. The molecule has 0 spiro atoms. The van der Waals surface area contributed by atoms with Crippen LogP contribution in [0.1, 0.15) is 17.5 Å². The molecule has 3 aromatic rings. The van der Waals surface area contributed by atoms with Crippen LogP contribution in [0.3, 0.4) is 0 Å². The summed E-state index contributed by atoms with van der Waals surface area (Å²) in [5.74, 6) is 0.691. The van der Waals surface area contributed by atoms with Crippen molar-refractivity contribution >= 4 is 10.9 Å². The zero-order valence-corrected chi connectivity index (χ0v) is 19.5. The number of pyridine rings is 1. The molecule has 0 bridgehead atoms. The zero-order chi connectivity index (χ0) is 24.4. The van der Waals surface area contributed by atoms with Crippen molar-refractivity contribution in [2.24, 2.45) is 0 Å². The Balaban J connectivity index is 1.18. The number of methoxy groups -OCH3 is 1. The predicted molar refractivity (Wildman–Crippen MR) is 126 cm³/mol. The number of alkyl halides is 1. The fourth-order valence-corrected chi connectivity index (χ4v) is 4.75. The molecular formula is C26H28F3N3O3. The molecule has 0 aliphatic carbocycles. The minimum atomic E-state index is -1.06. The van der Waals surface area contributed by atoms with Gasteiger partial charge in [0.1, 0.15) is 36.5 Å². The van der Waals surface area contributed by atoms with E-state index >= 15 is 0 Å². The molecule has 0 saturated carbocycles. The lowest BCUT2D eigenvalue weighted by atomic mass is 10.0. The normalized spacial score (nSPS) is 20.2. The summed E-state index contributed by atoms with van der Waals surface area (Å²) in [6.07, 6.45) is 0.935. The molecule has 5 rings (SSSR count). The first-order valence-corrected chi connectivity index (χ1v) is 11.8. The van der Waals surface area contributed by atoms with E-state index in [9.17, 15) is 13.2 Å². The fourth-order valence-electron chi connectivity index (χ4n) is 4.75. The van der Waals surface area contributed by atoms with Gasteiger partial charge in [0.2, 0.25) is 0 Å². The Kier molecular flexibility index (Phi) is 6.97. The quantitative estimate of drug-likeness (QED) is 0.543. The Morgan fingerprint density at radius 3 is 2.74 bits per heavy atom. The number of ether oxygens (including phenoxy) is 3. The number of benzene rings is 2. The van der Waals surface area contributed by atoms with Crippen LogP contribution in [0.5, 0.6) is 17.2 Å². The van der Waals surface area contributed by atoms with Crippen molar-refractivity contribution in [3.63, 3.8) is 0 Å². The van der Waals surface area contributed by atoms with Crippen molar-refractivity contribution in [1.29, 1.82) is 0 Å². The van der Waals surface area contributed by atoms with Gasteiger partial charge in [-0.3, -0.25) is 9.88 Å². The number of halogens is 3. The molecule has 2 aromatic carbocycles. The van der Waals surface area contributed by atoms with Crippen molar-refractivity contribution in [2.75, 3.05) is 40.0 Å². The van der Waals surface area contributed by atoms with Gasteiger partial charge in [-0.05, 0) is 43.1 Å². The lowest BCUT2D eigenvalue weighted by Crippen LogP contribution is -2.51. The van der Waals surface area contributed by atoms with Crippen LogP contribution < -0.4 is 19.5 Å². The summed E-state index contributed by atoms with van der Waals surface area (Å²) in [7, 11) is 1.43. The van der Waals surface area contributed by atoms with E-state index in [1.807, 2.05) is 23.1 Å². The second-order valence-electron chi connectivity index (χ2n) is 8.91. The molecule has 6 nitrogen and oxygen atoms in total. The smallest absolute Gasteiger partial charge is 0.161 e. The van der Waals surface area contributed by atoms with Crippen LogP contribution in [-0.4, -0.2) is 62.1 Å². The Hall–Kier alpha value is -3.04. The van der Waals surface area contributed by atoms with Gasteiger partial charge in [0.05, 0.1) is 13.3 Å². The number of fused-ring (bicyclic) bond motifs is 2. The van der Waals surface area contributed by atoms with Gasteiger partial charge in [-0.2, -0.15) is 0 Å². The first-order valence-electron chi connectivity index (χ1n) is 11.8. The lowest BCUT2D eigenvalue weighted by Gasteiger charge is -2.35. The Morgan fingerprint density at radius 2 is 1.94 bits per heavy atom. The average molecular weight is 488 g/mol. The average Bonchev–Trinajstić information content (AvgIpc) is 2.87. The van der Waals surface area contributed by atoms with Gasteiger partial charge in [0.15, 0.2) is 17.3 Å². The van der Waals surface area contributed by atoms with Crippen LogP contribution in [-0.2, 0) is 13.0 Å². The van der Waals surface area contributed by atoms with Crippen LogP contribution in [0.4, 0.5) is 13.2 Å². The molecule has 1 N–H and O–H groups in total. The molecule has 1 saturated heterocycles. The minimum absolute atomic E-state index is 0.104. The first kappa shape index (κ1) is 23.7. The van der Waals surface area contributed by atoms with E-state index in [1.165, 1.54) is 13.2 Å². The minimum Gasteiger partial charge on any atom is -0.497 e. The molecular weight excluding hydrogens is 459 g/mol. The Bertz CT molecular complexity index is 1210. The molecule has 0 unspecified atom stereocenters. The second-order valence-corrected chi connectivity index (χ2v) is 8.91. The van der Waals surface area contributed by atoms with Crippen LogP contribution in [0.25, 0.3) is 10.9 Å². The van der Waals surface area contributed by atoms with E-state index in [4.69, 9.17) is 14.2 Å². The van der Waals surface area contributed by atoms with Gasteiger partial charge >= 0.3 is 0 Å². The number of hydrogen-bond donors (Lipinski definition) is 1. The summed E-state index contributed by atoms with van der Waals surface area (Å²) in [6.45, 7) is 2.99. The fraction of sp³-hybridized carbons (Fsp3) is 0.423. The molecule has 186 valence electrons. The van der Waals surface area contributed by atoms with Gasteiger partial charge in [-0.15, -0.1) is 0 Å². The number of rotatable bonds is 7. The van der Waals surface area contributed by atoms with Crippen molar-refractivity contribution in [3.05, 3.63) is 59.3 Å². The Morgan fingerprint density at radius 1 is 1.11 bits per heavy atom. The number of aromatic nitrogens is 1. The molecule has 1 fully saturated rings. The van der Waals surface area contributed by atoms with E-state index in [1.54, 1.807) is 6.07 Å². The number of piperidine rings is 1. The van der Waals surface area contributed by atoms with Crippen molar-refractivity contribution in [3.8, 4) is 17.2 Å². The highest BCUT2D eigenvalue weighted by Gasteiger charge is 2.29. The van der Waals surface area contributed by atoms with E-state index in [0.29, 0.717) is 62.4 Å². The van der Waals surface area contributed by atoms with E-state index in [-0.39, 0.29) is 18.1 Å². The highest BCUT2D eigenvalue weighted by molar-refractivity contribution is 5.84. The van der Waals surface area contributed by atoms with Crippen molar-refractivity contribution in [1.82, 2.24) is 15.2 Å². The maximum atomic E-state index is 15.0. The lowest BCUT2D eigenvalue weighted by molar-refractivity contribution is 0.104. The van der Waals surface area contributed by atoms with Crippen LogP contribution in [0.2, 0.25) is 0 Å².